The zero-order chi connectivity index (χ0) is 13.2. The lowest BCUT2D eigenvalue weighted by molar-refractivity contribution is 0.215. The maximum atomic E-state index is 5.96. The molecular formula is C13H20ClN5. The van der Waals surface area contributed by atoms with Crippen molar-refractivity contribution < 1.29 is 0 Å². The number of likely N-dealkylation sites (tertiary alicyclic amines) is 1. The minimum atomic E-state index is 0.255. The number of nitrogen functional groups attached to an aromatic ring is 1. The number of nitrogens with zero attached hydrogens (tertiary/aromatic N) is 4. The van der Waals surface area contributed by atoms with Crippen LogP contribution in [0.4, 0.5) is 11.8 Å². The first kappa shape index (κ1) is 12.9. The molecule has 2 aliphatic heterocycles. The highest BCUT2D eigenvalue weighted by molar-refractivity contribution is 6.29. The van der Waals surface area contributed by atoms with Crippen molar-refractivity contribution >= 4 is 23.4 Å². The lowest BCUT2D eigenvalue weighted by Crippen LogP contribution is -2.47. The van der Waals surface area contributed by atoms with Gasteiger partial charge in [-0.2, -0.15) is 4.98 Å². The molecule has 3 heterocycles. The maximum Gasteiger partial charge on any atom is 0.223 e. The van der Waals surface area contributed by atoms with Crippen LogP contribution in [0.1, 0.15) is 25.7 Å². The molecule has 0 aromatic carbocycles. The van der Waals surface area contributed by atoms with Gasteiger partial charge in [0.05, 0.1) is 0 Å². The smallest absolute Gasteiger partial charge is 0.223 e. The van der Waals surface area contributed by atoms with Crippen LogP contribution in [0.5, 0.6) is 0 Å². The zero-order valence-corrected chi connectivity index (χ0v) is 11.8. The van der Waals surface area contributed by atoms with Crippen molar-refractivity contribution in [3.8, 4) is 0 Å². The van der Waals surface area contributed by atoms with Gasteiger partial charge in [0.1, 0.15) is 11.0 Å². The number of piperidine rings is 1. The molecule has 0 saturated carbocycles. The molecule has 19 heavy (non-hydrogen) atoms. The molecule has 2 saturated heterocycles. The van der Waals surface area contributed by atoms with E-state index >= 15 is 0 Å². The van der Waals surface area contributed by atoms with Crippen LogP contribution in [0, 0.1) is 0 Å². The van der Waals surface area contributed by atoms with Crippen molar-refractivity contribution in [1.82, 2.24) is 14.9 Å². The van der Waals surface area contributed by atoms with Gasteiger partial charge in [-0.1, -0.05) is 11.6 Å². The summed E-state index contributed by atoms with van der Waals surface area (Å²) < 4.78 is 0. The van der Waals surface area contributed by atoms with Crippen molar-refractivity contribution in [2.24, 2.45) is 0 Å². The predicted octanol–water partition coefficient (Wildman–Crippen LogP) is 1.78. The molecular weight excluding hydrogens is 262 g/mol. The Kier molecular flexibility index (Phi) is 3.75. The number of rotatable bonds is 2. The molecule has 5 nitrogen and oxygen atoms in total. The second kappa shape index (κ2) is 5.51. The van der Waals surface area contributed by atoms with Gasteiger partial charge < -0.3 is 10.6 Å². The molecule has 0 aliphatic carbocycles. The molecule has 1 atom stereocenters. The minimum absolute atomic E-state index is 0.255. The molecule has 0 spiro atoms. The fraction of sp³-hybridized carbons (Fsp3) is 0.692. The van der Waals surface area contributed by atoms with Crippen LogP contribution in [0.25, 0.3) is 0 Å². The Morgan fingerprint density at radius 1 is 1.16 bits per heavy atom. The van der Waals surface area contributed by atoms with Gasteiger partial charge in [0.2, 0.25) is 5.95 Å². The Morgan fingerprint density at radius 2 is 1.95 bits per heavy atom. The highest BCUT2D eigenvalue weighted by atomic mass is 35.5. The Labute approximate surface area is 118 Å². The van der Waals surface area contributed by atoms with E-state index in [1.165, 1.54) is 38.8 Å². The van der Waals surface area contributed by atoms with Crippen LogP contribution in [-0.2, 0) is 0 Å². The third kappa shape index (κ3) is 2.92. The van der Waals surface area contributed by atoms with E-state index in [1.54, 1.807) is 0 Å². The molecule has 2 aliphatic rings. The van der Waals surface area contributed by atoms with E-state index in [2.05, 4.69) is 19.8 Å². The molecule has 0 radical (unpaired) electrons. The Morgan fingerprint density at radius 3 is 2.68 bits per heavy atom. The summed E-state index contributed by atoms with van der Waals surface area (Å²) in [6.07, 6.45) is 5.15. The van der Waals surface area contributed by atoms with Crippen LogP contribution in [-0.4, -0.2) is 47.1 Å². The third-order valence-corrected chi connectivity index (χ3v) is 4.27. The molecule has 3 rings (SSSR count). The summed E-state index contributed by atoms with van der Waals surface area (Å²) >= 11 is 5.96. The Balaban J connectivity index is 1.73. The normalized spacial score (nSPS) is 24.9. The molecule has 1 aromatic heterocycles. The Hall–Kier alpha value is -1.07. The maximum absolute atomic E-state index is 5.96. The number of hydrogen-bond acceptors (Lipinski definition) is 5. The number of anilines is 2. The molecule has 2 N–H and O–H groups in total. The van der Waals surface area contributed by atoms with Gasteiger partial charge in [0.25, 0.3) is 0 Å². The zero-order valence-electron chi connectivity index (χ0n) is 11.1. The number of halogens is 1. The van der Waals surface area contributed by atoms with Crippen molar-refractivity contribution in [2.45, 2.75) is 31.7 Å². The second-order valence-electron chi connectivity index (χ2n) is 5.39. The summed E-state index contributed by atoms with van der Waals surface area (Å²) in [5.74, 6) is 1.12. The highest BCUT2D eigenvalue weighted by Crippen LogP contribution is 2.25. The van der Waals surface area contributed by atoms with Crippen LogP contribution >= 0.6 is 11.6 Å². The van der Waals surface area contributed by atoms with E-state index < -0.39 is 0 Å². The van der Waals surface area contributed by atoms with Gasteiger partial charge in [0, 0.05) is 25.2 Å². The van der Waals surface area contributed by atoms with Gasteiger partial charge in [-0.3, -0.25) is 4.90 Å². The predicted molar refractivity (Wildman–Crippen MR) is 77.5 cm³/mol. The number of hydrogen-bond donors (Lipinski definition) is 1. The Bertz CT molecular complexity index is 426. The molecule has 2 fully saturated rings. The number of aromatic nitrogens is 2. The van der Waals surface area contributed by atoms with E-state index in [-0.39, 0.29) is 5.95 Å². The summed E-state index contributed by atoms with van der Waals surface area (Å²) in [5.41, 5.74) is 5.68. The van der Waals surface area contributed by atoms with E-state index in [4.69, 9.17) is 17.3 Å². The van der Waals surface area contributed by atoms with Gasteiger partial charge in [-0.15, -0.1) is 0 Å². The van der Waals surface area contributed by atoms with E-state index in [1.807, 2.05) is 6.07 Å². The van der Waals surface area contributed by atoms with Gasteiger partial charge in [0.15, 0.2) is 0 Å². The first-order valence-corrected chi connectivity index (χ1v) is 7.39. The van der Waals surface area contributed by atoms with E-state index in [0.717, 1.165) is 18.9 Å². The van der Waals surface area contributed by atoms with Crippen molar-refractivity contribution in [1.29, 1.82) is 0 Å². The fourth-order valence-corrected chi connectivity index (χ4v) is 3.34. The first-order valence-electron chi connectivity index (χ1n) is 7.01. The fourth-order valence-electron chi connectivity index (χ4n) is 3.15. The summed E-state index contributed by atoms with van der Waals surface area (Å²) in [7, 11) is 0. The SMILES string of the molecule is Nc1nc(Cl)cc(N2CCCC(N3CCCC3)C2)n1. The molecule has 6 heteroatoms. The monoisotopic (exact) mass is 281 g/mol. The molecule has 1 aromatic rings. The topological polar surface area (TPSA) is 58.3 Å². The minimum Gasteiger partial charge on any atom is -0.368 e. The first-order chi connectivity index (χ1) is 9.22. The summed E-state index contributed by atoms with van der Waals surface area (Å²) in [6.45, 7) is 4.53. The molecule has 1 unspecified atom stereocenters. The summed E-state index contributed by atoms with van der Waals surface area (Å²) in [4.78, 5) is 13.1. The standard InChI is InChI=1S/C13H20ClN5/c14-11-8-12(17-13(15)16-11)19-7-3-4-10(9-19)18-5-1-2-6-18/h8,10H,1-7,9H2,(H2,15,16,17). The van der Waals surface area contributed by atoms with E-state index in [9.17, 15) is 0 Å². The molecule has 104 valence electrons. The highest BCUT2D eigenvalue weighted by Gasteiger charge is 2.27. The second-order valence-corrected chi connectivity index (χ2v) is 5.78. The third-order valence-electron chi connectivity index (χ3n) is 4.08. The van der Waals surface area contributed by atoms with Crippen molar-refractivity contribution in [2.75, 3.05) is 36.8 Å². The quantitative estimate of drug-likeness (QED) is 0.838. The number of nitrogens with two attached hydrogens (primary N) is 1. The summed E-state index contributed by atoms with van der Waals surface area (Å²) in [5, 5.41) is 0.422. The van der Waals surface area contributed by atoms with Crippen LogP contribution < -0.4 is 10.6 Å². The van der Waals surface area contributed by atoms with Crippen molar-refractivity contribution in [3.63, 3.8) is 0 Å². The van der Waals surface area contributed by atoms with Crippen LogP contribution in [0.15, 0.2) is 6.07 Å². The van der Waals surface area contributed by atoms with Crippen LogP contribution in [0.2, 0.25) is 5.15 Å². The van der Waals surface area contributed by atoms with Gasteiger partial charge in [-0.25, -0.2) is 4.98 Å². The van der Waals surface area contributed by atoms with Gasteiger partial charge in [-0.05, 0) is 38.8 Å². The average molecular weight is 282 g/mol. The average Bonchev–Trinajstić information content (AvgIpc) is 2.92. The largest absolute Gasteiger partial charge is 0.368 e. The van der Waals surface area contributed by atoms with Gasteiger partial charge >= 0.3 is 0 Å². The molecule has 0 amide bonds. The lowest BCUT2D eigenvalue weighted by atomic mass is 10.0. The van der Waals surface area contributed by atoms with E-state index in [0.29, 0.717) is 11.2 Å². The molecule has 0 bridgehead atoms. The van der Waals surface area contributed by atoms with Crippen molar-refractivity contribution in [3.05, 3.63) is 11.2 Å². The van der Waals surface area contributed by atoms with Crippen LogP contribution in [0.3, 0.4) is 0 Å². The summed E-state index contributed by atoms with van der Waals surface area (Å²) in [6, 6.07) is 2.45. The lowest BCUT2D eigenvalue weighted by Gasteiger charge is -2.38.